The number of rotatable bonds is 4. The molecular formula is C14H15BrOS. The number of benzene rings is 1. The zero-order chi connectivity index (χ0) is 12.3. The standard InChI is InChI=1S/C14H15BrOS/c1-10(2)11-4-3-5-12(8-11)16-9-13-6-7-14(15)17-13/h3-8,10H,9H2,1-2H3. The molecule has 0 radical (unpaired) electrons. The Morgan fingerprint density at radius 3 is 2.71 bits per heavy atom. The second-order valence-corrected chi connectivity index (χ2v) is 6.77. The van der Waals surface area contributed by atoms with Gasteiger partial charge in [-0.1, -0.05) is 26.0 Å². The summed E-state index contributed by atoms with van der Waals surface area (Å²) in [5.41, 5.74) is 1.31. The lowest BCUT2D eigenvalue weighted by Gasteiger charge is -2.09. The summed E-state index contributed by atoms with van der Waals surface area (Å²) < 4.78 is 6.93. The van der Waals surface area contributed by atoms with Crippen molar-refractivity contribution in [2.24, 2.45) is 0 Å². The van der Waals surface area contributed by atoms with Gasteiger partial charge in [0.25, 0.3) is 0 Å². The van der Waals surface area contributed by atoms with E-state index in [1.54, 1.807) is 11.3 Å². The van der Waals surface area contributed by atoms with Gasteiger partial charge in [0.1, 0.15) is 12.4 Å². The van der Waals surface area contributed by atoms with Gasteiger partial charge in [-0.05, 0) is 51.7 Å². The Morgan fingerprint density at radius 1 is 1.24 bits per heavy atom. The minimum atomic E-state index is 0.537. The highest BCUT2D eigenvalue weighted by molar-refractivity contribution is 9.11. The Labute approximate surface area is 115 Å². The third-order valence-corrected chi connectivity index (χ3v) is 4.13. The first-order chi connectivity index (χ1) is 8.15. The second kappa shape index (κ2) is 5.69. The first-order valence-electron chi connectivity index (χ1n) is 5.62. The van der Waals surface area contributed by atoms with E-state index < -0.39 is 0 Å². The van der Waals surface area contributed by atoms with Gasteiger partial charge >= 0.3 is 0 Å². The molecule has 2 rings (SSSR count). The van der Waals surface area contributed by atoms with Crippen LogP contribution in [-0.4, -0.2) is 0 Å². The zero-order valence-corrected chi connectivity index (χ0v) is 12.3. The monoisotopic (exact) mass is 310 g/mol. The third kappa shape index (κ3) is 3.58. The molecule has 0 aliphatic heterocycles. The topological polar surface area (TPSA) is 9.23 Å². The Morgan fingerprint density at radius 2 is 2.06 bits per heavy atom. The fourth-order valence-electron chi connectivity index (χ4n) is 1.55. The number of halogens is 1. The molecule has 0 aliphatic carbocycles. The van der Waals surface area contributed by atoms with Crippen LogP contribution in [0.2, 0.25) is 0 Å². The van der Waals surface area contributed by atoms with Crippen LogP contribution in [0.1, 0.15) is 30.2 Å². The van der Waals surface area contributed by atoms with Crippen molar-refractivity contribution in [1.29, 1.82) is 0 Å². The highest BCUT2D eigenvalue weighted by Crippen LogP contribution is 2.25. The molecule has 0 atom stereocenters. The number of hydrogen-bond donors (Lipinski definition) is 0. The van der Waals surface area contributed by atoms with Crippen molar-refractivity contribution in [2.75, 3.05) is 0 Å². The molecule has 0 amide bonds. The number of thiophene rings is 1. The summed E-state index contributed by atoms with van der Waals surface area (Å²) in [5, 5.41) is 0. The predicted octanol–water partition coefficient (Wildman–Crippen LogP) is 5.21. The number of hydrogen-bond acceptors (Lipinski definition) is 2. The fourth-order valence-corrected chi connectivity index (χ4v) is 2.94. The molecular weight excluding hydrogens is 296 g/mol. The molecule has 0 saturated heterocycles. The first kappa shape index (κ1) is 12.7. The molecule has 0 fully saturated rings. The van der Waals surface area contributed by atoms with Crippen LogP contribution in [0, 0.1) is 0 Å². The SMILES string of the molecule is CC(C)c1cccc(OCc2ccc(Br)s2)c1. The highest BCUT2D eigenvalue weighted by atomic mass is 79.9. The Hall–Kier alpha value is -0.800. The van der Waals surface area contributed by atoms with Crippen LogP contribution in [0.25, 0.3) is 0 Å². The summed E-state index contributed by atoms with van der Waals surface area (Å²) in [6.45, 7) is 5.02. The van der Waals surface area contributed by atoms with Crippen molar-refractivity contribution in [3.8, 4) is 5.75 Å². The fraction of sp³-hybridized carbons (Fsp3) is 0.286. The largest absolute Gasteiger partial charge is 0.488 e. The lowest BCUT2D eigenvalue weighted by molar-refractivity contribution is 0.309. The highest BCUT2D eigenvalue weighted by Gasteiger charge is 2.02. The van der Waals surface area contributed by atoms with E-state index in [1.165, 1.54) is 10.4 Å². The minimum Gasteiger partial charge on any atom is -0.488 e. The van der Waals surface area contributed by atoms with Crippen LogP contribution in [0.4, 0.5) is 0 Å². The molecule has 0 saturated carbocycles. The van der Waals surface area contributed by atoms with Gasteiger partial charge in [-0.3, -0.25) is 0 Å². The molecule has 0 aliphatic rings. The lowest BCUT2D eigenvalue weighted by atomic mass is 10.0. The molecule has 1 aromatic carbocycles. The van der Waals surface area contributed by atoms with E-state index in [-0.39, 0.29) is 0 Å². The predicted molar refractivity (Wildman–Crippen MR) is 76.9 cm³/mol. The van der Waals surface area contributed by atoms with Crippen LogP contribution in [0.5, 0.6) is 5.75 Å². The van der Waals surface area contributed by atoms with Gasteiger partial charge in [-0.15, -0.1) is 11.3 Å². The molecule has 0 N–H and O–H groups in total. The molecule has 1 aromatic heterocycles. The molecule has 0 unspecified atom stereocenters. The first-order valence-corrected chi connectivity index (χ1v) is 7.23. The van der Waals surface area contributed by atoms with Crippen molar-refractivity contribution in [1.82, 2.24) is 0 Å². The lowest BCUT2D eigenvalue weighted by Crippen LogP contribution is -1.94. The maximum Gasteiger partial charge on any atom is 0.122 e. The maximum atomic E-state index is 5.79. The van der Waals surface area contributed by atoms with Gasteiger partial charge in [-0.2, -0.15) is 0 Å². The van der Waals surface area contributed by atoms with Crippen LogP contribution in [0.15, 0.2) is 40.2 Å². The van der Waals surface area contributed by atoms with E-state index in [2.05, 4.69) is 54.0 Å². The van der Waals surface area contributed by atoms with Gasteiger partial charge in [0, 0.05) is 4.88 Å². The van der Waals surface area contributed by atoms with Crippen LogP contribution >= 0.6 is 27.3 Å². The summed E-state index contributed by atoms with van der Waals surface area (Å²) in [5.74, 6) is 1.48. The van der Waals surface area contributed by atoms with Crippen molar-refractivity contribution in [3.05, 3.63) is 50.6 Å². The molecule has 1 heterocycles. The van der Waals surface area contributed by atoms with E-state index >= 15 is 0 Å². The van der Waals surface area contributed by atoms with E-state index in [9.17, 15) is 0 Å². The summed E-state index contributed by atoms with van der Waals surface area (Å²) in [4.78, 5) is 1.23. The molecule has 90 valence electrons. The van der Waals surface area contributed by atoms with Gasteiger partial charge in [0.2, 0.25) is 0 Å². The van der Waals surface area contributed by atoms with Crippen molar-refractivity contribution < 1.29 is 4.74 Å². The van der Waals surface area contributed by atoms with Crippen molar-refractivity contribution in [2.45, 2.75) is 26.4 Å². The molecule has 2 aromatic rings. The van der Waals surface area contributed by atoms with Crippen LogP contribution in [0.3, 0.4) is 0 Å². The molecule has 1 nitrogen and oxygen atoms in total. The van der Waals surface area contributed by atoms with E-state index in [0.717, 1.165) is 9.54 Å². The normalized spacial score (nSPS) is 10.8. The van der Waals surface area contributed by atoms with Gasteiger partial charge in [0.15, 0.2) is 0 Å². The molecule has 3 heteroatoms. The number of ether oxygens (including phenoxy) is 1. The van der Waals surface area contributed by atoms with E-state index in [4.69, 9.17) is 4.74 Å². The summed E-state index contributed by atoms with van der Waals surface area (Å²) in [6.07, 6.45) is 0. The van der Waals surface area contributed by atoms with Crippen LogP contribution < -0.4 is 4.74 Å². The summed E-state index contributed by atoms with van der Waals surface area (Å²) >= 11 is 5.16. The Balaban J connectivity index is 2.01. The molecule has 0 spiro atoms. The summed E-state index contributed by atoms with van der Waals surface area (Å²) in [7, 11) is 0. The summed E-state index contributed by atoms with van der Waals surface area (Å²) in [6, 6.07) is 12.4. The van der Waals surface area contributed by atoms with Crippen molar-refractivity contribution in [3.63, 3.8) is 0 Å². The Kier molecular flexibility index (Phi) is 4.24. The second-order valence-electron chi connectivity index (χ2n) is 4.22. The average molecular weight is 311 g/mol. The molecule has 17 heavy (non-hydrogen) atoms. The third-order valence-electron chi connectivity index (χ3n) is 2.53. The minimum absolute atomic E-state index is 0.537. The zero-order valence-electron chi connectivity index (χ0n) is 9.94. The maximum absolute atomic E-state index is 5.79. The van der Waals surface area contributed by atoms with Crippen molar-refractivity contribution >= 4 is 27.3 Å². The smallest absolute Gasteiger partial charge is 0.122 e. The van der Waals surface area contributed by atoms with Crippen LogP contribution in [-0.2, 0) is 6.61 Å². The Bertz CT molecular complexity index is 490. The van der Waals surface area contributed by atoms with Gasteiger partial charge in [0.05, 0.1) is 3.79 Å². The average Bonchev–Trinajstić information content (AvgIpc) is 2.73. The van der Waals surface area contributed by atoms with Gasteiger partial charge in [-0.25, -0.2) is 0 Å². The van der Waals surface area contributed by atoms with E-state index in [1.807, 2.05) is 12.1 Å². The quantitative estimate of drug-likeness (QED) is 0.753. The van der Waals surface area contributed by atoms with Gasteiger partial charge < -0.3 is 4.74 Å². The van der Waals surface area contributed by atoms with E-state index in [0.29, 0.717) is 12.5 Å². The molecule has 0 bridgehead atoms.